The highest BCUT2D eigenvalue weighted by Gasteiger charge is 2.10. The second-order valence-electron chi connectivity index (χ2n) is 6.92. The van der Waals surface area contributed by atoms with Crippen molar-refractivity contribution in [1.82, 2.24) is 10.3 Å². The van der Waals surface area contributed by atoms with E-state index in [-0.39, 0.29) is 17.6 Å². The van der Waals surface area contributed by atoms with E-state index in [0.717, 1.165) is 20.3 Å². The van der Waals surface area contributed by atoms with E-state index >= 15 is 0 Å². The van der Waals surface area contributed by atoms with Crippen LogP contribution in [0.5, 0.6) is 5.75 Å². The van der Waals surface area contributed by atoms with Gasteiger partial charge in [-0.3, -0.25) is 9.59 Å². The minimum Gasteiger partial charge on any atom is -0.492 e. The quantitative estimate of drug-likeness (QED) is 0.236. The molecule has 6 nitrogen and oxygen atoms in total. The van der Waals surface area contributed by atoms with Gasteiger partial charge in [-0.15, -0.1) is 11.3 Å². The second-order valence-corrected chi connectivity index (χ2v) is 9.61. The van der Waals surface area contributed by atoms with Crippen LogP contribution in [0.2, 0.25) is 5.02 Å². The van der Waals surface area contributed by atoms with Gasteiger partial charge in [-0.1, -0.05) is 41.6 Å². The molecule has 3 aromatic carbocycles. The Bertz CT molecular complexity index is 1250. The highest BCUT2D eigenvalue weighted by atomic mass is 35.5. The number of ether oxygens (including phenoxy) is 1. The second kappa shape index (κ2) is 11.2. The van der Waals surface area contributed by atoms with E-state index in [0.29, 0.717) is 29.4 Å². The Morgan fingerprint density at radius 2 is 1.82 bits per heavy atom. The van der Waals surface area contributed by atoms with Gasteiger partial charge in [0.1, 0.15) is 12.4 Å². The topological polar surface area (TPSA) is 80.3 Å². The maximum absolute atomic E-state index is 12.4. The van der Waals surface area contributed by atoms with Crippen LogP contribution in [-0.2, 0) is 4.79 Å². The van der Waals surface area contributed by atoms with Gasteiger partial charge in [0.25, 0.3) is 5.91 Å². The third-order valence-corrected chi connectivity index (χ3v) is 6.91. The number of hydrogen-bond acceptors (Lipinski definition) is 6. The smallest absolute Gasteiger partial charge is 0.255 e. The number of aromatic nitrogens is 1. The third-order valence-electron chi connectivity index (χ3n) is 4.50. The molecule has 0 spiro atoms. The van der Waals surface area contributed by atoms with Crippen LogP contribution in [0.25, 0.3) is 10.2 Å². The van der Waals surface area contributed by atoms with E-state index in [2.05, 4.69) is 15.6 Å². The predicted molar refractivity (Wildman–Crippen MR) is 135 cm³/mol. The number of anilines is 1. The lowest BCUT2D eigenvalue weighted by atomic mass is 10.2. The maximum Gasteiger partial charge on any atom is 0.255 e. The Morgan fingerprint density at radius 3 is 2.61 bits per heavy atom. The molecule has 0 saturated heterocycles. The molecule has 0 fully saturated rings. The summed E-state index contributed by atoms with van der Waals surface area (Å²) in [6.45, 7) is 0.844. The van der Waals surface area contributed by atoms with E-state index in [9.17, 15) is 9.59 Å². The lowest BCUT2D eigenvalue weighted by molar-refractivity contribution is -0.118. The SMILES string of the molecule is O=C(CSc1nc2ccc(NC(=O)c3ccc(Cl)cc3)cc2s1)NCCOc1ccccc1. The summed E-state index contributed by atoms with van der Waals surface area (Å²) in [5.74, 6) is 0.759. The van der Waals surface area contributed by atoms with Crippen molar-refractivity contribution < 1.29 is 14.3 Å². The zero-order chi connectivity index (χ0) is 23.0. The van der Waals surface area contributed by atoms with Crippen LogP contribution in [0.15, 0.2) is 77.1 Å². The van der Waals surface area contributed by atoms with Crippen molar-refractivity contribution in [3.05, 3.63) is 83.4 Å². The number of fused-ring (bicyclic) bond motifs is 1. The molecule has 2 amide bonds. The highest BCUT2D eigenvalue weighted by molar-refractivity contribution is 8.01. The largest absolute Gasteiger partial charge is 0.492 e. The molecule has 4 aromatic rings. The number of benzene rings is 3. The number of halogens is 1. The first kappa shape index (κ1) is 23.1. The molecule has 0 radical (unpaired) electrons. The average Bonchev–Trinajstić information content (AvgIpc) is 3.24. The fourth-order valence-corrected chi connectivity index (χ4v) is 4.97. The number of para-hydroxylation sites is 1. The van der Waals surface area contributed by atoms with Crippen LogP contribution >= 0.6 is 34.7 Å². The summed E-state index contributed by atoms with van der Waals surface area (Å²) in [6.07, 6.45) is 0. The van der Waals surface area contributed by atoms with Gasteiger partial charge in [-0.25, -0.2) is 4.98 Å². The number of thioether (sulfide) groups is 1. The van der Waals surface area contributed by atoms with Crippen molar-refractivity contribution in [3.8, 4) is 5.75 Å². The molecular formula is C24H20ClN3O3S2. The Labute approximate surface area is 204 Å². The van der Waals surface area contributed by atoms with Crippen LogP contribution in [-0.4, -0.2) is 35.7 Å². The van der Waals surface area contributed by atoms with E-state index < -0.39 is 0 Å². The first-order valence-electron chi connectivity index (χ1n) is 10.1. The molecule has 4 rings (SSSR count). The molecule has 168 valence electrons. The summed E-state index contributed by atoms with van der Waals surface area (Å²) < 4.78 is 7.29. The Balaban J connectivity index is 1.26. The van der Waals surface area contributed by atoms with Gasteiger partial charge in [-0.2, -0.15) is 0 Å². The number of thiazole rings is 1. The Morgan fingerprint density at radius 1 is 1.03 bits per heavy atom. The third kappa shape index (κ3) is 6.71. The summed E-state index contributed by atoms with van der Waals surface area (Å²) in [5, 5.41) is 6.31. The predicted octanol–water partition coefficient (Wildman–Crippen LogP) is 5.49. The average molecular weight is 498 g/mol. The van der Waals surface area contributed by atoms with Gasteiger partial charge in [-0.05, 0) is 54.6 Å². The Hall–Kier alpha value is -3.07. The first-order valence-corrected chi connectivity index (χ1v) is 12.3. The number of carbonyl (C=O) groups is 2. The van der Waals surface area contributed by atoms with Gasteiger partial charge in [0.05, 0.1) is 22.5 Å². The minimum absolute atomic E-state index is 0.0770. The maximum atomic E-state index is 12.4. The molecule has 0 aliphatic carbocycles. The van der Waals surface area contributed by atoms with Gasteiger partial charge in [0.2, 0.25) is 5.91 Å². The summed E-state index contributed by atoms with van der Waals surface area (Å²) >= 11 is 8.74. The molecule has 0 aliphatic rings. The summed E-state index contributed by atoms with van der Waals surface area (Å²) in [7, 11) is 0. The Kier molecular flexibility index (Phi) is 7.83. The van der Waals surface area contributed by atoms with Crippen molar-refractivity contribution in [2.75, 3.05) is 24.2 Å². The van der Waals surface area contributed by atoms with Crippen molar-refractivity contribution in [2.45, 2.75) is 4.34 Å². The molecule has 0 bridgehead atoms. The number of carbonyl (C=O) groups excluding carboxylic acids is 2. The number of amides is 2. The monoisotopic (exact) mass is 497 g/mol. The zero-order valence-electron chi connectivity index (χ0n) is 17.4. The minimum atomic E-state index is -0.210. The van der Waals surface area contributed by atoms with Gasteiger partial charge >= 0.3 is 0 Å². The number of rotatable bonds is 9. The molecule has 9 heteroatoms. The molecule has 33 heavy (non-hydrogen) atoms. The van der Waals surface area contributed by atoms with Crippen LogP contribution in [0.1, 0.15) is 10.4 Å². The van der Waals surface area contributed by atoms with E-state index in [4.69, 9.17) is 16.3 Å². The molecule has 0 unspecified atom stereocenters. The highest BCUT2D eigenvalue weighted by Crippen LogP contribution is 2.31. The van der Waals surface area contributed by atoms with Crippen LogP contribution in [0.4, 0.5) is 5.69 Å². The lowest BCUT2D eigenvalue weighted by Crippen LogP contribution is -2.29. The normalized spacial score (nSPS) is 10.7. The molecule has 0 aliphatic heterocycles. The van der Waals surface area contributed by atoms with Crippen molar-refractivity contribution in [3.63, 3.8) is 0 Å². The number of hydrogen-bond donors (Lipinski definition) is 2. The fourth-order valence-electron chi connectivity index (χ4n) is 2.90. The summed E-state index contributed by atoms with van der Waals surface area (Å²) in [6, 6.07) is 21.7. The van der Waals surface area contributed by atoms with Gasteiger partial charge in [0.15, 0.2) is 4.34 Å². The van der Waals surface area contributed by atoms with Crippen LogP contribution in [0.3, 0.4) is 0 Å². The standard InChI is InChI=1S/C24H20ClN3O3S2/c25-17-8-6-16(7-9-17)23(30)27-18-10-11-20-21(14-18)33-24(28-20)32-15-22(29)26-12-13-31-19-4-2-1-3-5-19/h1-11,14H,12-13,15H2,(H,26,29)(H,27,30). The zero-order valence-corrected chi connectivity index (χ0v) is 19.8. The lowest BCUT2D eigenvalue weighted by Gasteiger charge is -2.07. The van der Waals surface area contributed by atoms with Crippen LogP contribution in [0, 0.1) is 0 Å². The van der Waals surface area contributed by atoms with Crippen molar-refractivity contribution in [1.29, 1.82) is 0 Å². The first-order chi connectivity index (χ1) is 16.1. The molecule has 0 atom stereocenters. The van der Waals surface area contributed by atoms with Gasteiger partial charge < -0.3 is 15.4 Å². The molecule has 1 heterocycles. The summed E-state index contributed by atoms with van der Waals surface area (Å²) in [4.78, 5) is 29.1. The number of nitrogens with one attached hydrogen (secondary N) is 2. The van der Waals surface area contributed by atoms with Crippen LogP contribution < -0.4 is 15.4 Å². The number of nitrogens with zero attached hydrogens (tertiary/aromatic N) is 1. The molecule has 1 aromatic heterocycles. The van der Waals surface area contributed by atoms with Crippen molar-refractivity contribution in [2.24, 2.45) is 0 Å². The molecule has 2 N–H and O–H groups in total. The van der Waals surface area contributed by atoms with E-state index in [1.54, 1.807) is 24.3 Å². The molecular weight excluding hydrogens is 478 g/mol. The van der Waals surface area contributed by atoms with Gasteiger partial charge in [0, 0.05) is 16.3 Å². The fraction of sp³-hybridized carbons (Fsp3) is 0.125. The van der Waals surface area contributed by atoms with Crippen molar-refractivity contribution >= 4 is 62.4 Å². The summed E-state index contributed by atoms with van der Waals surface area (Å²) in [5.41, 5.74) is 2.03. The molecule has 0 saturated carbocycles. The van der Waals surface area contributed by atoms with E-state index in [1.807, 2.05) is 48.5 Å². The van der Waals surface area contributed by atoms with E-state index in [1.165, 1.54) is 23.1 Å².